The molecule has 1 saturated heterocycles. The molecule has 1 fully saturated rings. The highest BCUT2D eigenvalue weighted by molar-refractivity contribution is 5.78. The lowest BCUT2D eigenvalue weighted by atomic mass is 10.1. The van der Waals surface area contributed by atoms with Crippen molar-refractivity contribution < 1.29 is 9.21 Å². The number of amides is 1. The Balaban J connectivity index is 1.87. The van der Waals surface area contributed by atoms with Gasteiger partial charge in [0.15, 0.2) is 0 Å². The van der Waals surface area contributed by atoms with Crippen LogP contribution in [0.5, 0.6) is 0 Å². The topological polar surface area (TPSA) is 48.7 Å². The summed E-state index contributed by atoms with van der Waals surface area (Å²) in [6.07, 6.45) is 0. The number of hydrogen-bond acceptors (Lipinski definition) is 4. The van der Waals surface area contributed by atoms with Gasteiger partial charge in [-0.1, -0.05) is 0 Å². The summed E-state index contributed by atoms with van der Waals surface area (Å²) in [7, 11) is 1.83. The fourth-order valence-electron chi connectivity index (χ4n) is 2.50. The Bertz CT molecular complexity index is 458. The smallest absolute Gasteiger partial charge is 0.236 e. The van der Waals surface area contributed by atoms with Crippen LogP contribution in [0.3, 0.4) is 0 Å². The number of rotatable bonds is 4. The molecule has 0 bridgehead atoms. The van der Waals surface area contributed by atoms with E-state index in [1.54, 1.807) is 4.90 Å². The van der Waals surface area contributed by atoms with Gasteiger partial charge in [0.2, 0.25) is 5.91 Å². The van der Waals surface area contributed by atoms with E-state index in [1.807, 2.05) is 26.1 Å². The highest BCUT2D eigenvalue weighted by atomic mass is 16.3. The number of carbonyl (C=O) groups is 1. The maximum atomic E-state index is 12.3. The molecule has 2 atom stereocenters. The molecule has 2 rings (SSSR count). The van der Waals surface area contributed by atoms with Gasteiger partial charge in [-0.05, 0) is 32.9 Å². The lowest BCUT2D eigenvalue weighted by Gasteiger charge is -2.37. The summed E-state index contributed by atoms with van der Waals surface area (Å²) in [6.45, 7) is 9.08. The third-order valence-corrected chi connectivity index (χ3v) is 3.85. The summed E-state index contributed by atoms with van der Waals surface area (Å²) >= 11 is 0. The number of hydrogen-bond donors (Lipinski definition) is 1. The summed E-state index contributed by atoms with van der Waals surface area (Å²) in [6, 6.07) is 4.69. The van der Waals surface area contributed by atoms with Crippen molar-refractivity contribution in [3.63, 3.8) is 0 Å². The van der Waals surface area contributed by atoms with Crippen LogP contribution in [0.4, 0.5) is 0 Å². The SMILES string of the molecule is Cc1ccc(CN(C)C(=O)CN2CC(C)NCC2C)o1. The minimum Gasteiger partial charge on any atom is -0.464 e. The molecule has 0 aliphatic carbocycles. The number of piperazine rings is 1. The maximum Gasteiger partial charge on any atom is 0.236 e. The van der Waals surface area contributed by atoms with Gasteiger partial charge in [0.05, 0.1) is 13.1 Å². The molecule has 1 aromatic heterocycles. The molecule has 1 amide bonds. The molecule has 1 aliphatic heterocycles. The van der Waals surface area contributed by atoms with E-state index in [4.69, 9.17) is 4.42 Å². The predicted octanol–water partition coefficient (Wildman–Crippen LogP) is 1.23. The number of likely N-dealkylation sites (N-methyl/N-ethyl adjacent to an activating group) is 1. The maximum absolute atomic E-state index is 12.3. The van der Waals surface area contributed by atoms with Crippen LogP contribution in [0.1, 0.15) is 25.4 Å². The Hall–Kier alpha value is -1.33. The minimum absolute atomic E-state index is 0.139. The second-order valence-corrected chi connectivity index (χ2v) is 5.85. The summed E-state index contributed by atoms with van der Waals surface area (Å²) < 4.78 is 5.51. The van der Waals surface area contributed by atoms with E-state index in [2.05, 4.69) is 24.1 Å². The van der Waals surface area contributed by atoms with Gasteiger partial charge in [-0.2, -0.15) is 0 Å². The molecule has 2 unspecified atom stereocenters. The second-order valence-electron chi connectivity index (χ2n) is 5.85. The van der Waals surface area contributed by atoms with Crippen LogP contribution in [0.15, 0.2) is 16.5 Å². The molecule has 1 N–H and O–H groups in total. The molecule has 112 valence electrons. The van der Waals surface area contributed by atoms with Crippen molar-refractivity contribution in [1.29, 1.82) is 0 Å². The molecule has 20 heavy (non-hydrogen) atoms. The number of nitrogens with one attached hydrogen (secondary N) is 1. The summed E-state index contributed by atoms with van der Waals surface area (Å²) in [4.78, 5) is 16.3. The first-order valence-corrected chi connectivity index (χ1v) is 7.22. The van der Waals surface area contributed by atoms with E-state index < -0.39 is 0 Å². The first-order valence-electron chi connectivity index (χ1n) is 7.22. The van der Waals surface area contributed by atoms with Crippen molar-refractivity contribution in [1.82, 2.24) is 15.1 Å². The third kappa shape index (κ3) is 3.84. The highest BCUT2D eigenvalue weighted by Gasteiger charge is 2.25. The van der Waals surface area contributed by atoms with E-state index >= 15 is 0 Å². The molecule has 1 aromatic rings. The monoisotopic (exact) mass is 279 g/mol. The Morgan fingerprint density at radius 3 is 2.90 bits per heavy atom. The van der Waals surface area contributed by atoms with Crippen molar-refractivity contribution in [2.24, 2.45) is 0 Å². The lowest BCUT2D eigenvalue weighted by molar-refractivity contribution is -0.132. The zero-order valence-electron chi connectivity index (χ0n) is 12.8. The molecular weight excluding hydrogens is 254 g/mol. The number of aryl methyl sites for hydroxylation is 1. The second kappa shape index (κ2) is 6.41. The van der Waals surface area contributed by atoms with Crippen LogP contribution in [0, 0.1) is 6.92 Å². The number of furan rings is 1. The van der Waals surface area contributed by atoms with Crippen LogP contribution in [-0.4, -0.2) is 54.5 Å². The lowest BCUT2D eigenvalue weighted by Crippen LogP contribution is -2.56. The Morgan fingerprint density at radius 1 is 1.50 bits per heavy atom. The van der Waals surface area contributed by atoms with Crippen LogP contribution < -0.4 is 5.32 Å². The van der Waals surface area contributed by atoms with Crippen molar-refractivity contribution in [3.8, 4) is 0 Å². The van der Waals surface area contributed by atoms with Crippen LogP contribution in [0.25, 0.3) is 0 Å². The van der Waals surface area contributed by atoms with Crippen molar-refractivity contribution >= 4 is 5.91 Å². The molecule has 0 aromatic carbocycles. The molecule has 5 nitrogen and oxygen atoms in total. The average molecular weight is 279 g/mol. The van der Waals surface area contributed by atoms with Crippen molar-refractivity contribution in [3.05, 3.63) is 23.7 Å². The van der Waals surface area contributed by atoms with E-state index in [1.165, 1.54) is 0 Å². The van der Waals surface area contributed by atoms with E-state index in [0.29, 0.717) is 25.2 Å². The van der Waals surface area contributed by atoms with Gasteiger partial charge in [-0.15, -0.1) is 0 Å². The quantitative estimate of drug-likeness (QED) is 0.900. The molecule has 2 heterocycles. The van der Waals surface area contributed by atoms with Crippen LogP contribution >= 0.6 is 0 Å². The number of carbonyl (C=O) groups excluding carboxylic acids is 1. The van der Waals surface area contributed by atoms with Gasteiger partial charge in [0, 0.05) is 32.2 Å². The standard InChI is InChI=1S/C15H25N3O2/c1-11-8-18(12(2)7-16-11)10-15(19)17(4)9-14-6-5-13(3)20-14/h5-6,11-12,16H,7-10H2,1-4H3. The van der Waals surface area contributed by atoms with E-state index in [9.17, 15) is 4.79 Å². The Labute approximate surface area is 120 Å². The van der Waals surface area contributed by atoms with Gasteiger partial charge in [-0.25, -0.2) is 0 Å². The Kier molecular flexibility index (Phi) is 4.83. The highest BCUT2D eigenvalue weighted by Crippen LogP contribution is 2.10. The van der Waals surface area contributed by atoms with Gasteiger partial charge in [-0.3, -0.25) is 9.69 Å². The fraction of sp³-hybridized carbons (Fsp3) is 0.667. The van der Waals surface area contributed by atoms with Crippen LogP contribution in [-0.2, 0) is 11.3 Å². The van der Waals surface area contributed by atoms with Gasteiger partial charge in [0.1, 0.15) is 11.5 Å². The van der Waals surface area contributed by atoms with E-state index in [0.717, 1.165) is 24.6 Å². The molecule has 0 saturated carbocycles. The normalized spacial score (nSPS) is 23.8. The van der Waals surface area contributed by atoms with Crippen molar-refractivity contribution in [2.45, 2.75) is 39.4 Å². The first-order chi connectivity index (χ1) is 9.45. The van der Waals surface area contributed by atoms with Crippen molar-refractivity contribution in [2.75, 3.05) is 26.7 Å². The first kappa shape index (κ1) is 15.1. The molecule has 5 heteroatoms. The molecule has 0 spiro atoms. The van der Waals surface area contributed by atoms with Gasteiger partial charge < -0.3 is 14.6 Å². The zero-order valence-corrected chi connectivity index (χ0v) is 12.8. The third-order valence-electron chi connectivity index (χ3n) is 3.85. The summed E-state index contributed by atoms with van der Waals surface area (Å²) in [5.74, 6) is 1.85. The van der Waals surface area contributed by atoms with Crippen LogP contribution in [0.2, 0.25) is 0 Å². The zero-order chi connectivity index (χ0) is 14.7. The van der Waals surface area contributed by atoms with Gasteiger partial charge in [0.25, 0.3) is 0 Å². The molecular formula is C15H25N3O2. The summed E-state index contributed by atoms with van der Waals surface area (Å²) in [5, 5.41) is 3.43. The average Bonchev–Trinajstić information content (AvgIpc) is 2.79. The number of nitrogens with zero attached hydrogens (tertiary/aromatic N) is 2. The fourth-order valence-corrected chi connectivity index (χ4v) is 2.50. The molecule has 0 radical (unpaired) electrons. The van der Waals surface area contributed by atoms with Gasteiger partial charge >= 0.3 is 0 Å². The van der Waals surface area contributed by atoms with E-state index in [-0.39, 0.29) is 5.91 Å². The Morgan fingerprint density at radius 2 is 2.25 bits per heavy atom. The minimum atomic E-state index is 0.139. The summed E-state index contributed by atoms with van der Waals surface area (Å²) in [5.41, 5.74) is 0. The predicted molar refractivity (Wildman–Crippen MR) is 78.4 cm³/mol. The largest absolute Gasteiger partial charge is 0.464 e. The molecule has 1 aliphatic rings.